The van der Waals surface area contributed by atoms with E-state index in [4.69, 9.17) is 9.26 Å². The number of ether oxygens (including phenoxy) is 1. The lowest BCUT2D eigenvalue weighted by Crippen LogP contribution is -2.48. The first-order chi connectivity index (χ1) is 16.7. The Morgan fingerprint density at radius 3 is 2.65 bits per heavy atom. The Balaban J connectivity index is 1.14. The SMILES string of the molecule is COc1ccc(CC(=O)N2CCN(Cc3cccc(-c4noc(C5CCCC5)n4)c3)CC2)cn1. The van der Waals surface area contributed by atoms with Gasteiger partial charge in [-0.05, 0) is 30.0 Å². The fourth-order valence-corrected chi connectivity index (χ4v) is 4.84. The second kappa shape index (κ2) is 10.3. The summed E-state index contributed by atoms with van der Waals surface area (Å²) in [5, 5.41) is 4.24. The molecule has 1 aliphatic carbocycles. The molecular weight excluding hydrogens is 430 g/mol. The van der Waals surface area contributed by atoms with Gasteiger partial charge in [-0.25, -0.2) is 4.98 Å². The molecule has 3 aromatic rings. The minimum Gasteiger partial charge on any atom is -0.481 e. The first-order valence-corrected chi connectivity index (χ1v) is 12.1. The van der Waals surface area contributed by atoms with Gasteiger partial charge < -0.3 is 14.2 Å². The molecule has 0 bridgehead atoms. The Labute approximate surface area is 199 Å². The monoisotopic (exact) mass is 461 g/mol. The van der Waals surface area contributed by atoms with Gasteiger partial charge in [0.15, 0.2) is 0 Å². The summed E-state index contributed by atoms with van der Waals surface area (Å²) >= 11 is 0. The quantitative estimate of drug-likeness (QED) is 0.531. The maximum atomic E-state index is 12.7. The maximum Gasteiger partial charge on any atom is 0.230 e. The van der Waals surface area contributed by atoms with Gasteiger partial charge in [0.1, 0.15) is 0 Å². The van der Waals surface area contributed by atoms with E-state index in [1.807, 2.05) is 17.0 Å². The van der Waals surface area contributed by atoms with Crippen LogP contribution >= 0.6 is 0 Å². The number of hydrogen-bond donors (Lipinski definition) is 0. The van der Waals surface area contributed by atoms with Crippen molar-refractivity contribution in [3.63, 3.8) is 0 Å². The molecule has 8 heteroatoms. The van der Waals surface area contributed by atoms with E-state index in [0.29, 0.717) is 24.0 Å². The molecule has 1 aliphatic heterocycles. The normalized spacial score (nSPS) is 17.3. The fourth-order valence-electron chi connectivity index (χ4n) is 4.84. The number of pyridine rings is 1. The van der Waals surface area contributed by atoms with Crippen molar-refractivity contribution in [2.75, 3.05) is 33.3 Å². The van der Waals surface area contributed by atoms with Crippen LogP contribution in [0.2, 0.25) is 0 Å². The average Bonchev–Trinajstić information content (AvgIpc) is 3.58. The Bertz CT molecular complexity index is 1100. The Morgan fingerprint density at radius 2 is 1.91 bits per heavy atom. The van der Waals surface area contributed by atoms with E-state index in [2.05, 4.69) is 38.2 Å². The van der Waals surface area contributed by atoms with Crippen LogP contribution in [0.5, 0.6) is 5.88 Å². The number of amides is 1. The van der Waals surface area contributed by atoms with E-state index in [1.165, 1.54) is 18.4 Å². The second-order valence-electron chi connectivity index (χ2n) is 9.18. The van der Waals surface area contributed by atoms with Crippen LogP contribution in [0.3, 0.4) is 0 Å². The van der Waals surface area contributed by atoms with Crippen molar-refractivity contribution in [1.82, 2.24) is 24.9 Å². The van der Waals surface area contributed by atoms with Crippen LogP contribution in [-0.2, 0) is 17.8 Å². The minimum absolute atomic E-state index is 0.142. The standard InChI is InChI=1S/C26H31N5O3/c1-33-23-10-9-19(17-27-23)16-24(32)31-13-11-30(12-14-31)18-20-5-4-8-22(15-20)25-28-26(34-29-25)21-6-2-3-7-21/h4-5,8-10,15,17,21H,2-3,6-7,11-14,16,18H2,1H3. The highest BCUT2D eigenvalue weighted by Gasteiger charge is 2.24. The predicted octanol–water partition coefficient (Wildman–Crippen LogP) is 3.68. The molecule has 0 radical (unpaired) electrons. The minimum atomic E-state index is 0.142. The molecule has 2 aromatic heterocycles. The van der Waals surface area contributed by atoms with Crippen LogP contribution in [0.1, 0.15) is 48.6 Å². The van der Waals surface area contributed by atoms with Gasteiger partial charge >= 0.3 is 0 Å². The van der Waals surface area contributed by atoms with Crippen LogP contribution in [0, 0.1) is 0 Å². The van der Waals surface area contributed by atoms with Gasteiger partial charge in [-0.2, -0.15) is 4.98 Å². The van der Waals surface area contributed by atoms with Gasteiger partial charge in [0.05, 0.1) is 13.5 Å². The van der Waals surface area contributed by atoms with Crippen LogP contribution < -0.4 is 4.74 Å². The summed E-state index contributed by atoms with van der Waals surface area (Å²) in [4.78, 5) is 25.9. The molecule has 0 spiro atoms. The van der Waals surface area contributed by atoms with Crippen LogP contribution in [-0.4, -0.2) is 64.1 Å². The van der Waals surface area contributed by atoms with Gasteiger partial charge in [-0.15, -0.1) is 0 Å². The molecule has 1 aromatic carbocycles. The molecule has 3 heterocycles. The number of hydrogen-bond acceptors (Lipinski definition) is 7. The molecule has 8 nitrogen and oxygen atoms in total. The summed E-state index contributed by atoms with van der Waals surface area (Å²) in [7, 11) is 1.58. The Hall–Kier alpha value is -3.26. The molecule has 1 saturated heterocycles. The molecule has 178 valence electrons. The zero-order valence-electron chi connectivity index (χ0n) is 19.7. The van der Waals surface area contributed by atoms with Gasteiger partial charge in [0.2, 0.25) is 23.5 Å². The van der Waals surface area contributed by atoms with E-state index in [9.17, 15) is 4.79 Å². The van der Waals surface area contributed by atoms with Crippen molar-refractivity contribution in [3.8, 4) is 17.3 Å². The lowest BCUT2D eigenvalue weighted by Gasteiger charge is -2.35. The summed E-state index contributed by atoms with van der Waals surface area (Å²) < 4.78 is 10.6. The van der Waals surface area contributed by atoms with E-state index in [1.54, 1.807) is 19.4 Å². The summed E-state index contributed by atoms with van der Waals surface area (Å²) in [6, 6.07) is 12.1. The van der Waals surface area contributed by atoms with E-state index in [0.717, 1.165) is 62.6 Å². The average molecular weight is 462 g/mol. The number of rotatable bonds is 7. The highest BCUT2D eigenvalue weighted by Crippen LogP contribution is 2.34. The third kappa shape index (κ3) is 5.28. The lowest BCUT2D eigenvalue weighted by molar-refractivity contribution is -0.132. The summed E-state index contributed by atoms with van der Waals surface area (Å²) in [5.74, 6) is 2.58. The van der Waals surface area contributed by atoms with Crippen molar-refractivity contribution in [2.45, 2.75) is 44.6 Å². The molecular formula is C26H31N5O3. The van der Waals surface area contributed by atoms with Gasteiger partial charge in [0, 0.05) is 56.5 Å². The third-order valence-corrected chi connectivity index (χ3v) is 6.82. The predicted molar refractivity (Wildman–Crippen MR) is 127 cm³/mol. The number of methoxy groups -OCH3 is 1. The molecule has 1 amide bonds. The van der Waals surface area contributed by atoms with Gasteiger partial charge in [-0.1, -0.05) is 42.3 Å². The molecule has 2 aliphatic rings. The van der Waals surface area contributed by atoms with Gasteiger partial charge in [0.25, 0.3) is 0 Å². The Morgan fingerprint density at radius 1 is 1.09 bits per heavy atom. The van der Waals surface area contributed by atoms with Crippen molar-refractivity contribution in [2.24, 2.45) is 0 Å². The number of aromatic nitrogens is 3. The molecule has 2 fully saturated rings. The number of carbonyl (C=O) groups excluding carboxylic acids is 1. The smallest absolute Gasteiger partial charge is 0.230 e. The fraction of sp³-hybridized carbons (Fsp3) is 0.462. The van der Waals surface area contributed by atoms with Crippen LogP contribution in [0.25, 0.3) is 11.4 Å². The molecule has 0 N–H and O–H groups in total. The molecule has 5 rings (SSSR count). The van der Waals surface area contributed by atoms with E-state index < -0.39 is 0 Å². The van der Waals surface area contributed by atoms with E-state index >= 15 is 0 Å². The first-order valence-electron chi connectivity index (χ1n) is 12.1. The summed E-state index contributed by atoms with van der Waals surface area (Å²) in [5.41, 5.74) is 3.11. The lowest BCUT2D eigenvalue weighted by atomic mass is 10.1. The number of benzene rings is 1. The molecule has 34 heavy (non-hydrogen) atoms. The molecule has 0 unspecified atom stereocenters. The maximum absolute atomic E-state index is 12.7. The first kappa shape index (κ1) is 22.5. The highest BCUT2D eigenvalue weighted by molar-refractivity contribution is 5.78. The van der Waals surface area contributed by atoms with Crippen molar-refractivity contribution >= 4 is 5.91 Å². The Kier molecular flexibility index (Phi) is 6.85. The zero-order valence-corrected chi connectivity index (χ0v) is 19.7. The highest BCUT2D eigenvalue weighted by atomic mass is 16.5. The summed E-state index contributed by atoms with van der Waals surface area (Å²) in [6.45, 7) is 4.01. The second-order valence-corrected chi connectivity index (χ2v) is 9.18. The topological polar surface area (TPSA) is 84.6 Å². The van der Waals surface area contributed by atoms with Crippen molar-refractivity contribution < 1.29 is 14.1 Å². The van der Waals surface area contributed by atoms with Crippen LogP contribution in [0.15, 0.2) is 47.1 Å². The number of piperazine rings is 1. The third-order valence-electron chi connectivity index (χ3n) is 6.82. The summed E-state index contributed by atoms with van der Waals surface area (Å²) in [6.07, 6.45) is 6.86. The zero-order chi connectivity index (χ0) is 23.3. The van der Waals surface area contributed by atoms with Gasteiger partial charge in [-0.3, -0.25) is 9.69 Å². The largest absolute Gasteiger partial charge is 0.481 e. The molecule has 0 atom stereocenters. The van der Waals surface area contributed by atoms with Crippen molar-refractivity contribution in [1.29, 1.82) is 0 Å². The van der Waals surface area contributed by atoms with Crippen LogP contribution in [0.4, 0.5) is 0 Å². The van der Waals surface area contributed by atoms with E-state index in [-0.39, 0.29) is 5.91 Å². The number of nitrogens with zero attached hydrogens (tertiary/aromatic N) is 5. The molecule has 1 saturated carbocycles. The number of carbonyl (C=O) groups is 1. The van der Waals surface area contributed by atoms with Crippen molar-refractivity contribution in [3.05, 3.63) is 59.6 Å².